The van der Waals surface area contributed by atoms with Crippen LogP contribution in [-0.4, -0.2) is 31.9 Å². The predicted octanol–water partition coefficient (Wildman–Crippen LogP) is 3.08. The van der Waals surface area contributed by atoms with E-state index in [9.17, 15) is 20.0 Å². The lowest BCUT2D eigenvalue weighted by Crippen LogP contribution is -2.13. The number of amides is 1. The molecular weight excluding hydrogens is 360 g/mol. The molecule has 0 aliphatic carbocycles. The second-order valence-electron chi connectivity index (χ2n) is 5.03. The van der Waals surface area contributed by atoms with Crippen molar-refractivity contribution >= 4 is 29.0 Å². The second-order valence-corrected chi connectivity index (χ2v) is 5.96. The highest BCUT2D eigenvalue weighted by atomic mass is 32.2. The van der Waals surface area contributed by atoms with Gasteiger partial charge in [-0.05, 0) is 18.2 Å². The number of nitro groups is 1. The van der Waals surface area contributed by atoms with E-state index >= 15 is 0 Å². The van der Waals surface area contributed by atoms with Crippen molar-refractivity contribution in [3.8, 4) is 17.2 Å². The van der Waals surface area contributed by atoms with Crippen LogP contribution in [0.15, 0.2) is 58.2 Å². The summed E-state index contributed by atoms with van der Waals surface area (Å²) in [6, 6.07) is 12.2. The second kappa shape index (κ2) is 7.66. The number of carbonyl (C=O) groups is 1. The molecule has 0 saturated carbocycles. The highest BCUT2D eigenvalue weighted by Crippen LogP contribution is 2.30. The zero-order chi connectivity index (χ0) is 18.5. The van der Waals surface area contributed by atoms with E-state index in [0.717, 1.165) is 11.8 Å². The fraction of sp³-hybridized carbons (Fsp3) is 0.0625. The van der Waals surface area contributed by atoms with Gasteiger partial charge in [0.15, 0.2) is 0 Å². The van der Waals surface area contributed by atoms with Gasteiger partial charge in [-0.25, -0.2) is 0 Å². The smallest absolute Gasteiger partial charge is 0.282 e. The molecule has 1 heterocycles. The van der Waals surface area contributed by atoms with Crippen molar-refractivity contribution in [1.82, 2.24) is 10.2 Å². The van der Waals surface area contributed by atoms with Crippen LogP contribution in [0.3, 0.4) is 0 Å². The minimum Gasteiger partial charge on any atom is -0.508 e. The Labute approximate surface area is 151 Å². The molecule has 2 N–H and O–H groups in total. The van der Waals surface area contributed by atoms with Crippen molar-refractivity contribution in [2.24, 2.45) is 0 Å². The summed E-state index contributed by atoms with van der Waals surface area (Å²) in [5.41, 5.74) is 0.525. The number of para-hydroxylation sites is 1. The Balaban J connectivity index is 1.64. The average Bonchev–Trinajstić information content (AvgIpc) is 3.09. The first-order valence-electron chi connectivity index (χ1n) is 7.32. The van der Waals surface area contributed by atoms with E-state index in [4.69, 9.17) is 4.42 Å². The molecule has 3 aromatic rings. The number of hydrogen-bond acceptors (Lipinski definition) is 8. The molecule has 0 bridgehead atoms. The molecule has 0 aliphatic heterocycles. The largest absolute Gasteiger partial charge is 0.508 e. The average molecular weight is 372 g/mol. The van der Waals surface area contributed by atoms with Crippen LogP contribution in [-0.2, 0) is 4.79 Å². The number of thioether (sulfide) groups is 1. The van der Waals surface area contributed by atoms with Gasteiger partial charge in [-0.15, -0.1) is 10.2 Å². The van der Waals surface area contributed by atoms with Crippen LogP contribution in [0.1, 0.15) is 0 Å². The quantitative estimate of drug-likeness (QED) is 0.383. The molecule has 1 amide bonds. The van der Waals surface area contributed by atoms with Crippen LogP contribution in [0.5, 0.6) is 5.75 Å². The number of benzene rings is 2. The molecule has 0 radical (unpaired) electrons. The summed E-state index contributed by atoms with van der Waals surface area (Å²) in [5.74, 6) is -0.283. The summed E-state index contributed by atoms with van der Waals surface area (Å²) in [6.45, 7) is 0. The fourth-order valence-corrected chi connectivity index (χ4v) is 2.66. The van der Waals surface area contributed by atoms with Gasteiger partial charge >= 0.3 is 0 Å². The molecule has 1 aromatic heterocycles. The number of nitrogens with zero attached hydrogens (tertiary/aromatic N) is 3. The summed E-state index contributed by atoms with van der Waals surface area (Å²) >= 11 is 0.997. The highest BCUT2D eigenvalue weighted by Gasteiger charge is 2.20. The van der Waals surface area contributed by atoms with E-state index < -0.39 is 4.92 Å². The van der Waals surface area contributed by atoms with Crippen molar-refractivity contribution in [2.75, 3.05) is 11.1 Å². The van der Waals surface area contributed by atoms with Gasteiger partial charge < -0.3 is 14.8 Å². The molecule has 3 rings (SSSR count). The Morgan fingerprint density at radius 3 is 2.81 bits per heavy atom. The lowest BCUT2D eigenvalue weighted by molar-refractivity contribution is -0.384. The number of phenols is 1. The zero-order valence-corrected chi connectivity index (χ0v) is 14.0. The molecule has 26 heavy (non-hydrogen) atoms. The first kappa shape index (κ1) is 17.4. The summed E-state index contributed by atoms with van der Waals surface area (Å²) in [6.07, 6.45) is 0. The Bertz CT molecular complexity index is 959. The van der Waals surface area contributed by atoms with E-state index in [1.807, 2.05) is 0 Å². The summed E-state index contributed by atoms with van der Waals surface area (Å²) < 4.78 is 5.40. The predicted molar refractivity (Wildman–Crippen MR) is 93.8 cm³/mol. The number of nitrogens with one attached hydrogen (secondary N) is 1. The molecule has 10 heteroatoms. The third-order valence-corrected chi connectivity index (χ3v) is 4.01. The topological polar surface area (TPSA) is 131 Å². The molecule has 0 unspecified atom stereocenters. The van der Waals surface area contributed by atoms with Crippen LogP contribution in [0, 0.1) is 10.1 Å². The molecule has 0 spiro atoms. The molecular formula is C16H12N4O5S. The lowest BCUT2D eigenvalue weighted by Gasteiger charge is -2.03. The van der Waals surface area contributed by atoms with Gasteiger partial charge in [0.05, 0.1) is 10.7 Å². The highest BCUT2D eigenvalue weighted by molar-refractivity contribution is 7.99. The number of phenolic OH excluding ortho intramolecular Hbond substituents is 1. The van der Waals surface area contributed by atoms with Gasteiger partial charge in [-0.3, -0.25) is 14.9 Å². The van der Waals surface area contributed by atoms with Gasteiger partial charge in [0.2, 0.25) is 5.91 Å². The minimum absolute atomic E-state index is 0.00578. The van der Waals surface area contributed by atoms with Gasteiger partial charge in [-0.1, -0.05) is 30.0 Å². The third kappa shape index (κ3) is 4.16. The number of aromatic hydroxyl groups is 1. The SMILES string of the molecule is O=C(CSc1nnc(-c2ccccc2[N+](=O)[O-])o1)Nc1cccc(O)c1. The molecule has 9 nitrogen and oxygen atoms in total. The Morgan fingerprint density at radius 1 is 1.23 bits per heavy atom. The molecule has 0 fully saturated rings. The molecule has 0 aliphatic rings. The summed E-state index contributed by atoms with van der Waals surface area (Å²) in [5, 5.41) is 30.7. The standard InChI is InChI=1S/C16H12N4O5S/c21-11-5-3-4-10(8-11)17-14(22)9-26-16-19-18-15(25-16)12-6-1-2-7-13(12)20(23)24/h1-8,21H,9H2,(H,17,22). The lowest BCUT2D eigenvalue weighted by atomic mass is 10.2. The number of rotatable bonds is 6. The maximum atomic E-state index is 11.9. The number of aromatic nitrogens is 2. The van der Waals surface area contributed by atoms with Crippen LogP contribution in [0.2, 0.25) is 0 Å². The van der Waals surface area contributed by atoms with E-state index in [1.165, 1.54) is 24.3 Å². The van der Waals surface area contributed by atoms with Crippen LogP contribution in [0.4, 0.5) is 11.4 Å². The van der Waals surface area contributed by atoms with Crippen molar-refractivity contribution < 1.29 is 19.2 Å². The van der Waals surface area contributed by atoms with Gasteiger partial charge in [0, 0.05) is 17.8 Å². The Kier molecular flexibility index (Phi) is 5.13. The number of nitro benzene ring substituents is 1. The van der Waals surface area contributed by atoms with Crippen molar-refractivity contribution in [3.63, 3.8) is 0 Å². The van der Waals surface area contributed by atoms with Crippen LogP contribution < -0.4 is 5.32 Å². The molecule has 0 atom stereocenters. The first-order chi connectivity index (χ1) is 12.5. The van der Waals surface area contributed by atoms with Crippen LogP contribution in [0.25, 0.3) is 11.5 Å². The van der Waals surface area contributed by atoms with E-state index in [1.54, 1.807) is 24.3 Å². The number of carbonyl (C=O) groups excluding carboxylic acids is 1. The zero-order valence-electron chi connectivity index (χ0n) is 13.2. The van der Waals surface area contributed by atoms with Crippen molar-refractivity contribution in [1.29, 1.82) is 0 Å². The minimum atomic E-state index is -0.533. The van der Waals surface area contributed by atoms with E-state index in [-0.39, 0.29) is 39.8 Å². The fourth-order valence-electron chi connectivity index (χ4n) is 2.10. The van der Waals surface area contributed by atoms with Crippen molar-refractivity contribution in [2.45, 2.75) is 5.22 Å². The van der Waals surface area contributed by atoms with Gasteiger partial charge in [0.25, 0.3) is 16.8 Å². The maximum absolute atomic E-state index is 11.9. The van der Waals surface area contributed by atoms with Crippen LogP contribution >= 0.6 is 11.8 Å². The molecule has 2 aromatic carbocycles. The summed E-state index contributed by atoms with van der Waals surface area (Å²) in [4.78, 5) is 22.4. The number of anilines is 1. The van der Waals surface area contributed by atoms with Gasteiger partial charge in [-0.2, -0.15) is 0 Å². The summed E-state index contributed by atoms with van der Waals surface area (Å²) in [7, 11) is 0. The van der Waals surface area contributed by atoms with Gasteiger partial charge in [0.1, 0.15) is 11.3 Å². The monoisotopic (exact) mass is 372 g/mol. The first-order valence-corrected chi connectivity index (χ1v) is 8.30. The normalized spacial score (nSPS) is 10.5. The van der Waals surface area contributed by atoms with Crippen molar-refractivity contribution in [3.05, 3.63) is 58.6 Å². The maximum Gasteiger partial charge on any atom is 0.282 e. The van der Waals surface area contributed by atoms with E-state index in [0.29, 0.717) is 5.69 Å². The Morgan fingerprint density at radius 2 is 2.04 bits per heavy atom. The molecule has 0 saturated heterocycles. The Hall–Kier alpha value is -3.40. The third-order valence-electron chi connectivity index (χ3n) is 3.19. The van der Waals surface area contributed by atoms with E-state index in [2.05, 4.69) is 15.5 Å². The number of hydrogen-bond donors (Lipinski definition) is 2. The molecule has 132 valence electrons.